The highest BCUT2D eigenvalue weighted by Crippen LogP contribution is 2.21. The zero-order valence-corrected chi connectivity index (χ0v) is 15.7. The van der Waals surface area contributed by atoms with E-state index in [9.17, 15) is 8.42 Å². The topological polar surface area (TPSA) is 49.4 Å². The van der Waals surface area contributed by atoms with Crippen LogP contribution >= 0.6 is 11.3 Å². The highest BCUT2D eigenvalue weighted by atomic mass is 32.2. The van der Waals surface area contributed by atoms with Crippen LogP contribution < -0.4 is 4.72 Å². The Morgan fingerprint density at radius 3 is 2.57 bits per heavy atom. The van der Waals surface area contributed by atoms with Crippen LogP contribution in [0, 0.1) is 13.8 Å². The number of nitrogens with one attached hydrogen (secondary N) is 1. The molecule has 0 bridgehead atoms. The quantitative estimate of drug-likeness (QED) is 0.833. The SMILES string of the molecule is Cc1ccc(C)c(CS(=O)(=O)NCC(c2ccsc2)N(C)C)c1. The van der Waals surface area contributed by atoms with Gasteiger partial charge in [0.15, 0.2) is 0 Å². The van der Waals surface area contributed by atoms with Gasteiger partial charge in [-0.3, -0.25) is 0 Å². The van der Waals surface area contributed by atoms with Crippen LogP contribution in [-0.4, -0.2) is 34.0 Å². The molecule has 6 heteroatoms. The minimum absolute atomic E-state index is 0.0182. The molecule has 0 saturated heterocycles. The zero-order valence-electron chi connectivity index (χ0n) is 14.0. The van der Waals surface area contributed by atoms with Gasteiger partial charge >= 0.3 is 0 Å². The maximum Gasteiger partial charge on any atom is 0.215 e. The van der Waals surface area contributed by atoms with Gasteiger partial charge in [-0.05, 0) is 61.5 Å². The van der Waals surface area contributed by atoms with Gasteiger partial charge in [0.2, 0.25) is 10.0 Å². The lowest BCUT2D eigenvalue weighted by Crippen LogP contribution is -2.35. The first-order valence-corrected chi connectivity index (χ1v) is 10.1. The van der Waals surface area contributed by atoms with E-state index in [1.165, 1.54) is 0 Å². The van der Waals surface area contributed by atoms with Gasteiger partial charge < -0.3 is 4.90 Å². The molecule has 0 radical (unpaired) electrons. The fourth-order valence-corrected chi connectivity index (χ4v) is 4.42. The Kier molecular flexibility index (Phi) is 5.97. The third kappa shape index (κ3) is 5.14. The molecule has 1 N–H and O–H groups in total. The number of benzene rings is 1. The second-order valence-electron chi connectivity index (χ2n) is 6.07. The minimum Gasteiger partial charge on any atom is -0.301 e. The van der Waals surface area contributed by atoms with E-state index in [2.05, 4.69) is 10.1 Å². The molecule has 23 heavy (non-hydrogen) atoms. The van der Waals surface area contributed by atoms with Crippen molar-refractivity contribution in [3.05, 3.63) is 57.3 Å². The molecule has 0 amide bonds. The molecule has 2 aromatic rings. The molecule has 4 nitrogen and oxygen atoms in total. The summed E-state index contributed by atoms with van der Waals surface area (Å²) in [5.74, 6) is 0.0182. The third-order valence-electron chi connectivity index (χ3n) is 3.90. The van der Waals surface area contributed by atoms with E-state index in [1.54, 1.807) is 11.3 Å². The highest BCUT2D eigenvalue weighted by Gasteiger charge is 2.19. The van der Waals surface area contributed by atoms with Crippen LogP contribution in [0.25, 0.3) is 0 Å². The van der Waals surface area contributed by atoms with Crippen molar-refractivity contribution in [2.75, 3.05) is 20.6 Å². The van der Waals surface area contributed by atoms with Crippen LogP contribution in [0.3, 0.4) is 0 Å². The standard InChI is InChI=1S/C17H24N2O2S2/c1-13-5-6-14(2)16(9-13)12-23(20,21)18-10-17(19(3)4)15-7-8-22-11-15/h5-9,11,17-18H,10,12H2,1-4H3. The summed E-state index contributed by atoms with van der Waals surface area (Å²) in [7, 11) is 0.553. The van der Waals surface area contributed by atoms with Gasteiger partial charge in [0.1, 0.15) is 0 Å². The van der Waals surface area contributed by atoms with Crippen molar-refractivity contribution in [1.82, 2.24) is 9.62 Å². The van der Waals surface area contributed by atoms with Gasteiger partial charge in [-0.25, -0.2) is 13.1 Å². The van der Waals surface area contributed by atoms with E-state index in [4.69, 9.17) is 0 Å². The number of hydrogen-bond acceptors (Lipinski definition) is 4. The monoisotopic (exact) mass is 352 g/mol. The van der Waals surface area contributed by atoms with Crippen molar-refractivity contribution < 1.29 is 8.42 Å². The average molecular weight is 353 g/mol. The van der Waals surface area contributed by atoms with E-state index >= 15 is 0 Å². The predicted octanol–water partition coefficient (Wildman–Crippen LogP) is 3.09. The number of aryl methyl sites for hydroxylation is 2. The second-order valence-corrected chi connectivity index (χ2v) is 8.66. The van der Waals surface area contributed by atoms with Crippen molar-refractivity contribution in [3.63, 3.8) is 0 Å². The van der Waals surface area contributed by atoms with Crippen LogP contribution in [0.5, 0.6) is 0 Å². The summed E-state index contributed by atoms with van der Waals surface area (Å²) in [6, 6.07) is 7.98. The van der Waals surface area contributed by atoms with Crippen molar-refractivity contribution >= 4 is 21.4 Å². The molecule has 0 aliphatic carbocycles. The normalized spacial score (nSPS) is 13.4. The lowest BCUT2D eigenvalue weighted by molar-refractivity contribution is 0.300. The number of hydrogen-bond donors (Lipinski definition) is 1. The van der Waals surface area contributed by atoms with Crippen LogP contribution in [-0.2, 0) is 15.8 Å². The Balaban J connectivity index is 2.07. The summed E-state index contributed by atoms with van der Waals surface area (Å²) in [5.41, 5.74) is 4.07. The molecule has 1 aromatic heterocycles. The fraction of sp³-hybridized carbons (Fsp3) is 0.412. The maximum atomic E-state index is 12.4. The van der Waals surface area contributed by atoms with Gasteiger partial charge in [0, 0.05) is 12.6 Å². The summed E-state index contributed by atoms with van der Waals surface area (Å²) in [4.78, 5) is 2.03. The number of sulfonamides is 1. The largest absolute Gasteiger partial charge is 0.301 e. The number of thiophene rings is 1. The molecule has 1 unspecified atom stereocenters. The Bertz CT molecular complexity index is 738. The molecule has 0 aliphatic rings. The van der Waals surface area contributed by atoms with Gasteiger partial charge in [-0.1, -0.05) is 23.8 Å². The molecular formula is C17H24N2O2S2. The Hall–Kier alpha value is -1.21. The van der Waals surface area contributed by atoms with E-state index in [0.717, 1.165) is 22.3 Å². The van der Waals surface area contributed by atoms with Crippen molar-refractivity contribution in [3.8, 4) is 0 Å². The molecule has 1 atom stereocenters. The Morgan fingerprint density at radius 1 is 1.22 bits per heavy atom. The molecule has 1 aromatic carbocycles. The van der Waals surface area contributed by atoms with Gasteiger partial charge in [-0.2, -0.15) is 11.3 Å². The summed E-state index contributed by atoms with van der Waals surface area (Å²) in [6.07, 6.45) is 0. The first-order valence-electron chi connectivity index (χ1n) is 7.50. The fourth-order valence-electron chi connectivity index (χ4n) is 2.48. The number of likely N-dealkylation sites (N-methyl/N-ethyl adjacent to an activating group) is 1. The predicted molar refractivity (Wildman–Crippen MR) is 97.3 cm³/mol. The van der Waals surface area contributed by atoms with Crippen molar-refractivity contribution in [2.45, 2.75) is 25.6 Å². The van der Waals surface area contributed by atoms with Gasteiger partial charge in [0.25, 0.3) is 0 Å². The van der Waals surface area contributed by atoms with Crippen LogP contribution in [0.2, 0.25) is 0 Å². The summed E-state index contributed by atoms with van der Waals surface area (Å²) >= 11 is 1.62. The molecule has 1 heterocycles. The molecule has 0 fully saturated rings. The summed E-state index contributed by atoms with van der Waals surface area (Å²) in [5, 5.41) is 4.07. The second kappa shape index (κ2) is 7.57. The van der Waals surface area contributed by atoms with E-state index in [-0.39, 0.29) is 11.8 Å². The first-order chi connectivity index (χ1) is 10.8. The molecule has 2 rings (SSSR count). The van der Waals surface area contributed by atoms with Crippen LogP contribution in [0.1, 0.15) is 28.3 Å². The molecule has 126 valence electrons. The smallest absolute Gasteiger partial charge is 0.215 e. The number of rotatable bonds is 7. The Morgan fingerprint density at radius 2 is 1.96 bits per heavy atom. The molecular weight excluding hydrogens is 328 g/mol. The van der Waals surface area contributed by atoms with Gasteiger partial charge in [0.05, 0.1) is 5.75 Å². The molecule has 0 aliphatic heterocycles. The van der Waals surface area contributed by atoms with Crippen molar-refractivity contribution in [1.29, 1.82) is 0 Å². The Labute approximate surface area is 143 Å². The highest BCUT2D eigenvalue weighted by molar-refractivity contribution is 7.88. The van der Waals surface area contributed by atoms with Crippen molar-refractivity contribution in [2.24, 2.45) is 0 Å². The van der Waals surface area contributed by atoms with Crippen LogP contribution in [0.4, 0.5) is 0 Å². The zero-order chi connectivity index (χ0) is 17.0. The minimum atomic E-state index is -3.37. The van der Waals surface area contributed by atoms with E-state index in [0.29, 0.717) is 6.54 Å². The number of nitrogens with zero attached hydrogens (tertiary/aromatic N) is 1. The van der Waals surface area contributed by atoms with Gasteiger partial charge in [-0.15, -0.1) is 0 Å². The molecule has 0 saturated carbocycles. The first kappa shape index (κ1) is 18.1. The summed E-state index contributed by atoms with van der Waals surface area (Å²) in [6.45, 7) is 4.29. The molecule has 0 spiro atoms. The summed E-state index contributed by atoms with van der Waals surface area (Å²) < 4.78 is 27.6. The van der Waals surface area contributed by atoms with Crippen LogP contribution in [0.15, 0.2) is 35.0 Å². The van der Waals surface area contributed by atoms with E-state index < -0.39 is 10.0 Å². The lowest BCUT2D eigenvalue weighted by atomic mass is 10.1. The van der Waals surface area contributed by atoms with E-state index in [1.807, 2.05) is 62.5 Å². The third-order valence-corrected chi connectivity index (χ3v) is 5.90. The lowest BCUT2D eigenvalue weighted by Gasteiger charge is -2.24. The maximum absolute atomic E-state index is 12.4. The average Bonchev–Trinajstić information content (AvgIpc) is 2.96.